The third-order valence-corrected chi connectivity index (χ3v) is 4.93. The van der Waals surface area contributed by atoms with Crippen LogP contribution in [0.25, 0.3) is 0 Å². The lowest BCUT2D eigenvalue weighted by Crippen LogP contribution is -2.39. The van der Waals surface area contributed by atoms with Crippen molar-refractivity contribution in [3.05, 3.63) is 57.5 Å². The fraction of sp³-hybridized carbons (Fsp3) is 0.200. The summed E-state index contributed by atoms with van der Waals surface area (Å²) in [6.45, 7) is 0. The molecule has 108 valence electrons. The van der Waals surface area contributed by atoms with Crippen LogP contribution < -0.4 is 0 Å². The quantitative estimate of drug-likeness (QED) is 0.558. The lowest BCUT2D eigenvalue weighted by molar-refractivity contribution is -0.127. The van der Waals surface area contributed by atoms with Gasteiger partial charge in [-0.25, -0.2) is 0 Å². The summed E-state index contributed by atoms with van der Waals surface area (Å²) in [4.78, 5) is 24.9. The van der Waals surface area contributed by atoms with Crippen LogP contribution in [0.2, 0.25) is 0 Å². The highest BCUT2D eigenvalue weighted by Crippen LogP contribution is 2.34. The van der Waals surface area contributed by atoms with E-state index in [1.54, 1.807) is 0 Å². The molecular weight excluding hydrogens is 402 g/mol. The Morgan fingerprint density at radius 2 is 2.00 bits per heavy atom. The van der Waals surface area contributed by atoms with E-state index in [2.05, 4.69) is 31.9 Å². The van der Waals surface area contributed by atoms with Crippen molar-refractivity contribution in [2.24, 2.45) is 0 Å². The minimum Gasteiger partial charge on any atom is -0.453 e. The Labute approximate surface area is 138 Å². The van der Waals surface area contributed by atoms with E-state index < -0.39 is 0 Å². The van der Waals surface area contributed by atoms with Crippen molar-refractivity contribution in [2.45, 2.75) is 11.2 Å². The summed E-state index contributed by atoms with van der Waals surface area (Å²) >= 11 is 6.85. The second kappa shape index (κ2) is 5.42. The standard InChI is InChI=1S/C15H11Br2NO3/c1-18-13(19)7-8-2-3-9(6-10(8)15(18)20)14(17)11-4-5-12(16)21-11/h2-6,14H,7H2,1H3. The molecule has 0 saturated heterocycles. The van der Waals surface area contributed by atoms with Crippen LogP contribution in [0.3, 0.4) is 0 Å². The van der Waals surface area contributed by atoms with Gasteiger partial charge in [0, 0.05) is 12.6 Å². The van der Waals surface area contributed by atoms with Gasteiger partial charge in [-0.2, -0.15) is 0 Å². The lowest BCUT2D eigenvalue weighted by atomic mass is 9.95. The highest BCUT2D eigenvalue weighted by Gasteiger charge is 2.29. The molecule has 0 saturated carbocycles. The van der Waals surface area contributed by atoms with Crippen LogP contribution in [0.4, 0.5) is 0 Å². The molecule has 2 amide bonds. The van der Waals surface area contributed by atoms with Crippen molar-refractivity contribution in [1.82, 2.24) is 4.90 Å². The van der Waals surface area contributed by atoms with E-state index in [-0.39, 0.29) is 23.1 Å². The Hall–Kier alpha value is -1.40. The SMILES string of the molecule is CN1C(=O)Cc2ccc(C(Br)c3ccc(Br)o3)cc2C1=O. The zero-order valence-corrected chi connectivity index (χ0v) is 14.3. The van der Waals surface area contributed by atoms with E-state index in [4.69, 9.17) is 4.42 Å². The zero-order chi connectivity index (χ0) is 15.1. The van der Waals surface area contributed by atoms with E-state index >= 15 is 0 Å². The average Bonchev–Trinajstić information content (AvgIpc) is 2.90. The smallest absolute Gasteiger partial charge is 0.260 e. The molecule has 0 aliphatic carbocycles. The van der Waals surface area contributed by atoms with Crippen molar-refractivity contribution < 1.29 is 14.0 Å². The van der Waals surface area contributed by atoms with Gasteiger partial charge in [0.05, 0.1) is 11.2 Å². The molecule has 6 heteroatoms. The van der Waals surface area contributed by atoms with Crippen LogP contribution in [0.15, 0.2) is 39.4 Å². The molecule has 1 atom stereocenters. The number of imide groups is 1. The highest BCUT2D eigenvalue weighted by molar-refractivity contribution is 9.10. The Balaban J connectivity index is 2.00. The minimum atomic E-state index is -0.261. The van der Waals surface area contributed by atoms with Gasteiger partial charge in [-0.05, 0) is 45.3 Å². The zero-order valence-electron chi connectivity index (χ0n) is 11.1. The third-order valence-electron chi connectivity index (χ3n) is 3.52. The van der Waals surface area contributed by atoms with Crippen molar-refractivity contribution in [3.8, 4) is 0 Å². The van der Waals surface area contributed by atoms with Gasteiger partial charge in [0.25, 0.3) is 5.91 Å². The number of furan rings is 1. The number of hydrogen-bond acceptors (Lipinski definition) is 3. The first kappa shape index (κ1) is 14.5. The first-order valence-electron chi connectivity index (χ1n) is 6.30. The summed E-state index contributed by atoms with van der Waals surface area (Å²) in [5.74, 6) is 0.309. The summed E-state index contributed by atoms with van der Waals surface area (Å²) in [6.07, 6.45) is 0.261. The summed E-state index contributed by atoms with van der Waals surface area (Å²) in [5.41, 5.74) is 2.25. The van der Waals surface area contributed by atoms with Gasteiger partial charge in [-0.15, -0.1) is 0 Å². The molecular formula is C15H11Br2NO3. The Bertz CT molecular complexity index is 738. The van der Waals surface area contributed by atoms with Gasteiger partial charge in [0.15, 0.2) is 4.67 Å². The van der Waals surface area contributed by atoms with Crippen LogP contribution in [-0.2, 0) is 11.2 Å². The molecule has 0 spiro atoms. The molecule has 1 aliphatic heterocycles. The van der Waals surface area contributed by atoms with Gasteiger partial charge in [-0.1, -0.05) is 28.1 Å². The fourth-order valence-corrected chi connectivity index (χ4v) is 3.16. The second-order valence-electron chi connectivity index (χ2n) is 4.86. The predicted octanol–water partition coefficient (Wildman–Crippen LogP) is 3.68. The number of halogens is 2. The second-order valence-corrected chi connectivity index (χ2v) is 6.55. The molecule has 2 heterocycles. The number of alkyl halides is 1. The number of likely N-dealkylation sites (N-methyl/N-ethyl adjacent to an activating group) is 1. The van der Waals surface area contributed by atoms with Crippen molar-refractivity contribution in [3.63, 3.8) is 0 Å². The highest BCUT2D eigenvalue weighted by atomic mass is 79.9. The molecule has 21 heavy (non-hydrogen) atoms. The largest absolute Gasteiger partial charge is 0.453 e. The van der Waals surface area contributed by atoms with E-state index in [1.807, 2.05) is 30.3 Å². The summed E-state index contributed by atoms with van der Waals surface area (Å²) in [6, 6.07) is 9.23. The fourth-order valence-electron chi connectivity index (χ4n) is 2.31. The molecule has 1 unspecified atom stereocenters. The first-order chi connectivity index (χ1) is 9.97. The van der Waals surface area contributed by atoms with Crippen LogP contribution >= 0.6 is 31.9 Å². The van der Waals surface area contributed by atoms with E-state index in [9.17, 15) is 9.59 Å². The normalized spacial score (nSPS) is 16.0. The topological polar surface area (TPSA) is 50.5 Å². The summed E-state index contributed by atoms with van der Waals surface area (Å²) in [7, 11) is 1.51. The molecule has 0 radical (unpaired) electrons. The number of amides is 2. The van der Waals surface area contributed by atoms with Gasteiger partial charge in [0.2, 0.25) is 5.91 Å². The number of carbonyl (C=O) groups excluding carboxylic acids is 2. The first-order valence-corrected chi connectivity index (χ1v) is 8.01. The lowest BCUT2D eigenvalue weighted by Gasteiger charge is -2.24. The van der Waals surface area contributed by atoms with Gasteiger partial charge in [-0.3, -0.25) is 14.5 Å². The molecule has 1 aliphatic rings. The van der Waals surface area contributed by atoms with Crippen molar-refractivity contribution in [2.75, 3.05) is 7.05 Å². The third kappa shape index (κ3) is 2.58. The molecule has 4 nitrogen and oxygen atoms in total. The monoisotopic (exact) mass is 411 g/mol. The number of fused-ring (bicyclic) bond motifs is 1. The molecule has 0 fully saturated rings. The molecule has 0 N–H and O–H groups in total. The Morgan fingerprint density at radius 1 is 1.24 bits per heavy atom. The Kier molecular flexibility index (Phi) is 3.75. The summed E-state index contributed by atoms with van der Waals surface area (Å²) in [5, 5.41) is 0. The average molecular weight is 413 g/mol. The van der Waals surface area contributed by atoms with Crippen LogP contribution in [0, 0.1) is 0 Å². The van der Waals surface area contributed by atoms with Gasteiger partial charge < -0.3 is 4.42 Å². The minimum absolute atomic E-state index is 0.148. The maximum atomic E-state index is 12.2. The Morgan fingerprint density at radius 3 is 2.67 bits per heavy atom. The molecule has 0 bridgehead atoms. The number of benzene rings is 1. The van der Waals surface area contributed by atoms with Crippen LogP contribution in [-0.4, -0.2) is 23.8 Å². The molecule has 2 aromatic rings. The van der Waals surface area contributed by atoms with E-state index in [1.165, 1.54) is 11.9 Å². The maximum absolute atomic E-state index is 12.2. The van der Waals surface area contributed by atoms with Crippen LogP contribution in [0.5, 0.6) is 0 Å². The number of rotatable bonds is 2. The number of carbonyl (C=O) groups is 2. The molecule has 1 aromatic carbocycles. The van der Waals surface area contributed by atoms with E-state index in [0.29, 0.717) is 10.2 Å². The van der Waals surface area contributed by atoms with Crippen LogP contribution in [0.1, 0.15) is 32.1 Å². The van der Waals surface area contributed by atoms with Crippen molar-refractivity contribution >= 4 is 43.7 Å². The number of nitrogens with zero attached hydrogens (tertiary/aromatic N) is 1. The van der Waals surface area contributed by atoms with Crippen molar-refractivity contribution in [1.29, 1.82) is 0 Å². The maximum Gasteiger partial charge on any atom is 0.260 e. The van der Waals surface area contributed by atoms with Gasteiger partial charge >= 0.3 is 0 Å². The molecule has 1 aromatic heterocycles. The predicted molar refractivity (Wildman–Crippen MR) is 84.4 cm³/mol. The van der Waals surface area contributed by atoms with Gasteiger partial charge in [0.1, 0.15) is 5.76 Å². The molecule has 3 rings (SSSR count). The number of hydrogen-bond donors (Lipinski definition) is 0. The summed E-state index contributed by atoms with van der Waals surface area (Å²) < 4.78 is 6.18. The van der Waals surface area contributed by atoms with E-state index in [0.717, 1.165) is 16.9 Å².